The maximum Gasteiger partial charge on any atom is 0.288 e. The third kappa shape index (κ3) is 3.65. The minimum atomic E-state index is 0.311. The summed E-state index contributed by atoms with van der Waals surface area (Å²) in [7, 11) is 3.22. The van der Waals surface area contributed by atoms with Crippen LogP contribution in [0.15, 0.2) is 47.1 Å². The van der Waals surface area contributed by atoms with E-state index >= 15 is 0 Å². The smallest absolute Gasteiger partial charge is 0.288 e. The van der Waals surface area contributed by atoms with Crippen LogP contribution in [-0.4, -0.2) is 40.4 Å². The van der Waals surface area contributed by atoms with Gasteiger partial charge in [-0.15, -0.1) is 5.10 Å². The van der Waals surface area contributed by atoms with Gasteiger partial charge in [0, 0.05) is 31.0 Å². The Morgan fingerprint density at radius 1 is 1.25 bits per heavy atom. The number of hydrogen-bond donors (Lipinski definition) is 0. The van der Waals surface area contributed by atoms with Crippen molar-refractivity contribution in [1.29, 1.82) is 0 Å². The molecule has 0 amide bonds. The zero-order valence-electron chi connectivity index (χ0n) is 15.9. The van der Waals surface area contributed by atoms with Crippen molar-refractivity contribution in [2.45, 2.75) is 25.6 Å². The molecule has 0 radical (unpaired) electrons. The standard InChI is InChI=1S/C20H22N4O3S/c1-25-15-7-8-16(18(11-15)26-2)19-22-24(20(28)27-19)13-23-10-4-6-17(23)14-5-3-9-21-12-14/h3,5,7-9,11-12,17H,4,6,10,13H2,1-2H3. The summed E-state index contributed by atoms with van der Waals surface area (Å²) in [6.07, 6.45) is 5.95. The molecular weight excluding hydrogens is 376 g/mol. The monoisotopic (exact) mass is 398 g/mol. The molecule has 0 aliphatic carbocycles. The third-order valence-electron chi connectivity index (χ3n) is 4.99. The van der Waals surface area contributed by atoms with Gasteiger partial charge in [0.25, 0.3) is 10.7 Å². The fourth-order valence-electron chi connectivity index (χ4n) is 3.60. The van der Waals surface area contributed by atoms with Gasteiger partial charge in [-0.2, -0.15) is 0 Å². The molecule has 1 unspecified atom stereocenters. The maximum absolute atomic E-state index is 5.77. The zero-order valence-corrected chi connectivity index (χ0v) is 16.7. The van der Waals surface area contributed by atoms with Crippen molar-refractivity contribution in [2.24, 2.45) is 0 Å². The lowest BCUT2D eigenvalue weighted by Crippen LogP contribution is -2.26. The Kier molecular flexibility index (Phi) is 5.40. The summed E-state index contributed by atoms with van der Waals surface area (Å²) in [6.45, 7) is 1.55. The van der Waals surface area contributed by atoms with Crippen molar-refractivity contribution in [3.8, 4) is 23.0 Å². The predicted molar refractivity (Wildman–Crippen MR) is 107 cm³/mol. The average molecular weight is 398 g/mol. The Morgan fingerprint density at radius 3 is 2.89 bits per heavy atom. The van der Waals surface area contributed by atoms with E-state index in [0.717, 1.165) is 24.9 Å². The lowest BCUT2D eigenvalue weighted by Gasteiger charge is -2.23. The van der Waals surface area contributed by atoms with Crippen LogP contribution >= 0.6 is 12.2 Å². The molecule has 1 aromatic carbocycles. The first-order chi connectivity index (χ1) is 13.7. The molecule has 0 N–H and O–H groups in total. The highest BCUT2D eigenvalue weighted by Crippen LogP contribution is 2.34. The van der Waals surface area contributed by atoms with Crippen LogP contribution in [0.5, 0.6) is 11.5 Å². The van der Waals surface area contributed by atoms with E-state index in [1.165, 1.54) is 5.56 Å². The first-order valence-corrected chi connectivity index (χ1v) is 9.54. The van der Waals surface area contributed by atoms with Gasteiger partial charge in [-0.3, -0.25) is 9.88 Å². The molecule has 1 saturated heterocycles. The number of nitrogens with zero attached hydrogens (tertiary/aromatic N) is 4. The summed E-state index contributed by atoms with van der Waals surface area (Å²) in [6, 6.07) is 9.90. The van der Waals surface area contributed by atoms with Crippen LogP contribution < -0.4 is 9.47 Å². The van der Waals surface area contributed by atoms with E-state index in [-0.39, 0.29) is 0 Å². The van der Waals surface area contributed by atoms with E-state index in [2.05, 4.69) is 21.0 Å². The number of aromatic nitrogens is 3. The highest BCUT2D eigenvalue weighted by atomic mass is 32.1. The molecule has 8 heteroatoms. The van der Waals surface area contributed by atoms with Crippen LogP contribution in [0.4, 0.5) is 0 Å². The van der Waals surface area contributed by atoms with Gasteiger partial charge in [-0.1, -0.05) is 6.07 Å². The Hall–Kier alpha value is -2.71. The van der Waals surface area contributed by atoms with Crippen molar-refractivity contribution < 1.29 is 13.9 Å². The Labute approximate surface area is 168 Å². The van der Waals surface area contributed by atoms with E-state index in [1.807, 2.05) is 24.4 Å². The minimum absolute atomic E-state index is 0.311. The summed E-state index contributed by atoms with van der Waals surface area (Å²) in [4.78, 5) is 6.94. The minimum Gasteiger partial charge on any atom is -0.497 e. The van der Waals surface area contributed by atoms with E-state index in [9.17, 15) is 0 Å². The predicted octanol–water partition coefficient (Wildman–Crippen LogP) is 4.08. The van der Waals surface area contributed by atoms with E-state index in [0.29, 0.717) is 34.9 Å². The molecule has 0 saturated carbocycles. The van der Waals surface area contributed by atoms with E-state index in [4.69, 9.17) is 26.1 Å². The fraction of sp³-hybridized carbons (Fsp3) is 0.350. The molecule has 1 aliphatic rings. The fourth-order valence-corrected chi connectivity index (χ4v) is 3.78. The number of ether oxygens (including phenoxy) is 2. The van der Waals surface area contributed by atoms with Crippen LogP contribution in [0.3, 0.4) is 0 Å². The van der Waals surface area contributed by atoms with Crippen molar-refractivity contribution in [1.82, 2.24) is 19.7 Å². The normalized spacial score (nSPS) is 17.0. The van der Waals surface area contributed by atoms with Crippen LogP contribution in [0.25, 0.3) is 11.5 Å². The van der Waals surface area contributed by atoms with Gasteiger partial charge >= 0.3 is 0 Å². The van der Waals surface area contributed by atoms with Gasteiger partial charge in [-0.05, 0) is 48.8 Å². The van der Waals surface area contributed by atoms with Gasteiger partial charge in [-0.25, -0.2) is 4.68 Å². The van der Waals surface area contributed by atoms with Crippen LogP contribution in [0.2, 0.25) is 0 Å². The maximum atomic E-state index is 5.77. The van der Waals surface area contributed by atoms with Crippen molar-refractivity contribution in [3.05, 3.63) is 53.1 Å². The Balaban J connectivity index is 1.60. The summed E-state index contributed by atoms with van der Waals surface area (Å²) in [5.41, 5.74) is 1.95. The van der Waals surface area contributed by atoms with Crippen LogP contribution in [-0.2, 0) is 6.67 Å². The van der Waals surface area contributed by atoms with Gasteiger partial charge in [0.05, 0.1) is 26.5 Å². The van der Waals surface area contributed by atoms with Gasteiger partial charge < -0.3 is 13.9 Å². The largest absolute Gasteiger partial charge is 0.497 e. The summed E-state index contributed by atoms with van der Waals surface area (Å²) in [5, 5.41) is 4.60. The highest BCUT2D eigenvalue weighted by molar-refractivity contribution is 7.71. The molecule has 146 valence electrons. The number of likely N-dealkylation sites (tertiary alicyclic amines) is 1. The molecule has 4 rings (SSSR count). The van der Waals surface area contributed by atoms with Crippen molar-refractivity contribution in [3.63, 3.8) is 0 Å². The molecule has 2 aromatic heterocycles. The van der Waals surface area contributed by atoms with Crippen molar-refractivity contribution >= 4 is 12.2 Å². The summed E-state index contributed by atoms with van der Waals surface area (Å²) in [5.74, 6) is 1.76. The van der Waals surface area contributed by atoms with Crippen LogP contribution in [0.1, 0.15) is 24.4 Å². The Morgan fingerprint density at radius 2 is 2.14 bits per heavy atom. The zero-order chi connectivity index (χ0) is 19.5. The molecule has 1 atom stereocenters. The molecule has 7 nitrogen and oxygen atoms in total. The molecule has 0 spiro atoms. The second kappa shape index (κ2) is 8.12. The molecule has 3 heterocycles. The van der Waals surface area contributed by atoms with Gasteiger partial charge in [0.1, 0.15) is 11.5 Å². The third-order valence-corrected chi connectivity index (χ3v) is 5.29. The first kappa shape index (κ1) is 18.6. The van der Waals surface area contributed by atoms with Crippen LogP contribution in [0, 0.1) is 4.84 Å². The average Bonchev–Trinajstić information content (AvgIpc) is 3.35. The van der Waals surface area contributed by atoms with Gasteiger partial charge in [0.2, 0.25) is 0 Å². The first-order valence-electron chi connectivity index (χ1n) is 9.14. The molecule has 1 aliphatic heterocycles. The van der Waals surface area contributed by atoms with Gasteiger partial charge in [0.15, 0.2) is 0 Å². The quantitative estimate of drug-likeness (QED) is 0.580. The summed E-state index contributed by atoms with van der Waals surface area (Å²) >= 11 is 5.42. The van der Waals surface area contributed by atoms with Crippen molar-refractivity contribution in [2.75, 3.05) is 20.8 Å². The van der Waals surface area contributed by atoms with E-state index < -0.39 is 0 Å². The highest BCUT2D eigenvalue weighted by Gasteiger charge is 2.27. The SMILES string of the molecule is COc1ccc(-c2nn(CN3CCCC3c3cccnc3)c(=S)o2)c(OC)c1. The summed E-state index contributed by atoms with van der Waals surface area (Å²) < 4.78 is 18.2. The molecule has 28 heavy (non-hydrogen) atoms. The number of rotatable bonds is 6. The lowest BCUT2D eigenvalue weighted by molar-refractivity contribution is 0.187. The number of methoxy groups -OCH3 is 2. The second-order valence-corrected chi connectivity index (χ2v) is 6.99. The molecule has 1 fully saturated rings. The molecular formula is C20H22N4O3S. The number of benzene rings is 1. The molecule has 0 bridgehead atoms. The van der Waals surface area contributed by atoms with E-state index in [1.54, 1.807) is 31.2 Å². The number of pyridine rings is 1. The second-order valence-electron chi connectivity index (χ2n) is 6.64. The molecule has 3 aromatic rings. The Bertz CT molecular complexity index is 1000. The topological polar surface area (TPSA) is 65.5 Å². The number of hydrogen-bond acceptors (Lipinski definition) is 7. The lowest BCUT2D eigenvalue weighted by atomic mass is 10.1.